The minimum Gasteiger partial charge on any atom is -0.322 e. The summed E-state index contributed by atoms with van der Waals surface area (Å²) in [6.45, 7) is 0.875. The van der Waals surface area contributed by atoms with Crippen LogP contribution in [0.4, 0.5) is 5.69 Å². The second-order valence-corrected chi connectivity index (χ2v) is 5.61. The smallest absolute Gasteiger partial charge is 0.241 e. The lowest BCUT2D eigenvalue weighted by Crippen LogP contribution is -2.35. The van der Waals surface area contributed by atoms with Crippen LogP contribution in [0.15, 0.2) is 16.6 Å². The zero-order valence-electron chi connectivity index (χ0n) is 8.90. The highest BCUT2D eigenvalue weighted by Crippen LogP contribution is 2.34. The van der Waals surface area contributed by atoms with Gasteiger partial charge < -0.3 is 10.6 Å². The van der Waals surface area contributed by atoms with Gasteiger partial charge in [0.1, 0.15) is 0 Å². The lowest BCUT2D eigenvalue weighted by molar-refractivity contribution is -0.117. The Balaban J connectivity index is 2.15. The standard InChI is InChI=1S/C11H11BrCl2N2O/c12-6-4-7(13)10(8(14)5-6)16-11(17)9-2-1-3-15-9/h4-5,9,15H,1-3H2,(H,16,17)/t9-/m1/s1. The van der Waals surface area contributed by atoms with Gasteiger partial charge in [-0.1, -0.05) is 39.1 Å². The van der Waals surface area contributed by atoms with E-state index in [9.17, 15) is 4.79 Å². The molecule has 1 aromatic carbocycles. The van der Waals surface area contributed by atoms with E-state index >= 15 is 0 Å². The molecule has 2 N–H and O–H groups in total. The van der Waals surface area contributed by atoms with E-state index in [1.165, 1.54) is 0 Å². The van der Waals surface area contributed by atoms with Crippen molar-refractivity contribution in [1.82, 2.24) is 5.32 Å². The third kappa shape index (κ3) is 3.13. The summed E-state index contributed by atoms with van der Waals surface area (Å²) in [5.41, 5.74) is 0.468. The van der Waals surface area contributed by atoms with Gasteiger partial charge in [0.15, 0.2) is 0 Å². The number of halogens is 3. The Morgan fingerprint density at radius 3 is 2.59 bits per heavy atom. The number of carbonyl (C=O) groups is 1. The fourth-order valence-electron chi connectivity index (χ4n) is 1.78. The molecule has 1 aromatic rings. The average Bonchev–Trinajstić information content (AvgIpc) is 2.76. The Kier molecular flexibility index (Phi) is 4.31. The van der Waals surface area contributed by atoms with E-state index in [0.29, 0.717) is 15.7 Å². The first-order valence-corrected chi connectivity index (χ1v) is 6.81. The summed E-state index contributed by atoms with van der Waals surface area (Å²) in [5, 5.41) is 6.73. The maximum Gasteiger partial charge on any atom is 0.241 e. The molecule has 0 aliphatic carbocycles. The van der Waals surface area contributed by atoms with E-state index in [1.54, 1.807) is 12.1 Å². The van der Waals surface area contributed by atoms with Gasteiger partial charge >= 0.3 is 0 Å². The maximum atomic E-state index is 11.9. The van der Waals surface area contributed by atoms with Crippen molar-refractivity contribution in [2.24, 2.45) is 0 Å². The van der Waals surface area contributed by atoms with Gasteiger partial charge in [0.25, 0.3) is 0 Å². The van der Waals surface area contributed by atoms with Crippen molar-refractivity contribution in [2.75, 3.05) is 11.9 Å². The molecule has 1 aliphatic rings. The molecule has 0 spiro atoms. The molecule has 1 amide bonds. The van der Waals surface area contributed by atoms with Crippen molar-refractivity contribution in [3.05, 3.63) is 26.7 Å². The highest BCUT2D eigenvalue weighted by atomic mass is 79.9. The molecule has 0 aromatic heterocycles. The van der Waals surface area contributed by atoms with E-state index in [4.69, 9.17) is 23.2 Å². The molecule has 0 unspecified atom stereocenters. The second-order valence-electron chi connectivity index (χ2n) is 3.88. The van der Waals surface area contributed by atoms with E-state index in [2.05, 4.69) is 26.6 Å². The molecule has 1 aliphatic heterocycles. The van der Waals surface area contributed by atoms with Crippen molar-refractivity contribution in [3.8, 4) is 0 Å². The number of rotatable bonds is 2. The van der Waals surface area contributed by atoms with Gasteiger partial charge in [-0.2, -0.15) is 0 Å². The van der Waals surface area contributed by atoms with E-state index in [-0.39, 0.29) is 11.9 Å². The van der Waals surface area contributed by atoms with Crippen LogP contribution >= 0.6 is 39.1 Å². The van der Waals surface area contributed by atoms with Gasteiger partial charge in [-0.25, -0.2) is 0 Å². The quantitative estimate of drug-likeness (QED) is 0.867. The van der Waals surface area contributed by atoms with Gasteiger partial charge in [-0.05, 0) is 31.5 Å². The number of benzene rings is 1. The summed E-state index contributed by atoms with van der Waals surface area (Å²) in [6.07, 6.45) is 1.86. The van der Waals surface area contributed by atoms with Crippen LogP contribution in [0.5, 0.6) is 0 Å². The Bertz CT molecular complexity index is 424. The topological polar surface area (TPSA) is 41.1 Å². The Morgan fingerprint density at radius 1 is 1.41 bits per heavy atom. The first-order chi connectivity index (χ1) is 8.08. The van der Waals surface area contributed by atoms with Crippen LogP contribution in [-0.2, 0) is 4.79 Å². The van der Waals surface area contributed by atoms with Gasteiger partial charge in [-0.3, -0.25) is 4.79 Å². The van der Waals surface area contributed by atoms with Gasteiger partial charge in [0, 0.05) is 4.47 Å². The van der Waals surface area contributed by atoms with Crippen LogP contribution in [0.2, 0.25) is 10.0 Å². The number of hydrogen-bond acceptors (Lipinski definition) is 2. The van der Waals surface area contributed by atoms with Gasteiger partial charge in [0.05, 0.1) is 21.8 Å². The molecule has 0 bridgehead atoms. The van der Waals surface area contributed by atoms with Crippen molar-refractivity contribution >= 4 is 50.7 Å². The molecule has 0 saturated carbocycles. The summed E-state index contributed by atoms with van der Waals surface area (Å²) < 4.78 is 0.782. The number of nitrogens with one attached hydrogen (secondary N) is 2. The van der Waals surface area contributed by atoms with Crippen molar-refractivity contribution in [2.45, 2.75) is 18.9 Å². The molecule has 1 fully saturated rings. The van der Waals surface area contributed by atoms with Crippen molar-refractivity contribution < 1.29 is 4.79 Å². The first-order valence-electron chi connectivity index (χ1n) is 5.26. The summed E-state index contributed by atoms with van der Waals surface area (Å²) >= 11 is 15.4. The fourth-order valence-corrected chi connectivity index (χ4v) is 3.08. The average molecular weight is 338 g/mol. The summed E-state index contributed by atoms with van der Waals surface area (Å²) in [4.78, 5) is 11.9. The second kappa shape index (κ2) is 5.57. The van der Waals surface area contributed by atoms with Gasteiger partial charge in [-0.15, -0.1) is 0 Å². The Hall–Kier alpha value is -0.290. The zero-order valence-corrected chi connectivity index (χ0v) is 12.0. The number of amides is 1. The molecular weight excluding hydrogens is 327 g/mol. The lowest BCUT2D eigenvalue weighted by Gasteiger charge is -2.13. The van der Waals surface area contributed by atoms with Crippen LogP contribution in [0, 0.1) is 0 Å². The molecule has 1 heterocycles. The van der Waals surface area contributed by atoms with Crippen LogP contribution in [0.1, 0.15) is 12.8 Å². The molecule has 17 heavy (non-hydrogen) atoms. The van der Waals surface area contributed by atoms with E-state index < -0.39 is 0 Å². The Morgan fingerprint density at radius 2 is 2.06 bits per heavy atom. The van der Waals surface area contributed by atoms with Crippen molar-refractivity contribution in [1.29, 1.82) is 0 Å². The largest absolute Gasteiger partial charge is 0.322 e. The van der Waals surface area contributed by atoms with E-state index in [1.807, 2.05) is 0 Å². The molecule has 2 rings (SSSR count). The summed E-state index contributed by atoms with van der Waals surface area (Å²) in [5.74, 6) is -0.0892. The highest BCUT2D eigenvalue weighted by molar-refractivity contribution is 9.10. The monoisotopic (exact) mass is 336 g/mol. The predicted molar refractivity (Wildman–Crippen MR) is 73.8 cm³/mol. The van der Waals surface area contributed by atoms with Gasteiger partial charge in [0.2, 0.25) is 5.91 Å². The normalized spacial score (nSPS) is 19.4. The van der Waals surface area contributed by atoms with E-state index in [0.717, 1.165) is 23.9 Å². The molecule has 1 atom stereocenters. The minimum absolute atomic E-state index is 0.0892. The molecule has 0 radical (unpaired) electrons. The summed E-state index contributed by atoms with van der Waals surface area (Å²) in [6, 6.07) is 3.25. The molecule has 3 nitrogen and oxygen atoms in total. The van der Waals surface area contributed by atoms with Crippen LogP contribution in [0.25, 0.3) is 0 Å². The predicted octanol–water partition coefficient (Wildman–Crippen LogP) is 3.45. The van der Waals surface area contributed by atoms with Crippen LogP contribution < -0.4 is 10.6 Å². The lowest BCUT2D eigenvalue weighted by atomic mass is 10.2. The van der Waals surface area contributed by atoms with Crippen LogP contribution in [-0.4, -0.2) is 18.5 Å². The maximum absolute atomic E-state index is 11.9. The fraction of sp³-hybridized carbons (Fsp3) is 0.364. The minimum atomic E-state index is -0.147. The molecule has 92 valence electrons. The SMILES string of the molecule is O=C(Nc1c(Cl)cc(Br)cc1Cl)[C@H]1CCCN1. The summed E-state index contributed by atoms with van der Waals surface area (Å²) in [7, 11) is 0. The molecule has 6 heteroatoms. The number of anilines is 1. The number of hydrogen-bond donors (Lipinski definition) is 2. The highest BCUT2D eigenvalue weighted by Gasteiger charge is 2.23. The third-order valence-corrected chi connectivity index (χ3v) is 3.69. The number of carbonyl (C=O) groups excluding carboxylic acids is 1. The third-order valence-electron chi connectivity index (χ3n) is 2.63. The first kappa shape index (κ1) is 13.1. The van der Waals surface area contributed by atoms with Crippen molar-refractivity contribution in [3.63, 3.8) is 0 Å². The Labute approximate surface area is 118 Å². The molecule has 1 saturated heterocycles. The molecular formula is C11H11BrCl2N2O. The zero-order chi connectivity index (χ0) is 12.4. The van der Waals surface area contributed by atoms with Crippen LogP contribution in [0.3, 0.4) is 0 Å².